The highest BCUT2D eigenvalue weighted by Crippen LogP contribution is 2.25. The molecule has 1 aromatic heterocycles. The van der Waals surface area contributed by atoms with Crippen molar-refractivity contribution in [3.05, 3.63) is 44.3 Å². The monoisotopic (exact) mass is 357 g/mol. The minimum atomic E-state index is -0.324. The van der Waals surface area contributed by atoms with Crippen molar-refractivity contribution in [3.8, 4) is 0 Å². The lowest BCUT2D eigenvalue weighted by atomic mass is 10.3. The van der Waals surface area contributed by atoms with Gasteiger partial charge in [0, 0.05) is 12.7 Å². The number of anilines is 1. The number of hydrogen-bond donors (Lipinski definition) is 1. The quantitative estimate of drug-likeness (QED) is 0.910. The van der Waals surface area contributed by atoms with Gasteiger partial charge in [0.05, 0.1) is 27.8 Å². The summed E-state index contributed by atoms with van der Waals surface area (Å²) < 4.78 is 0. The van der Waals surface area contributed by atoms with E-state index in [9.17, 15) is 9.59 Å². The molecule has 0 saturated heterocycles. The summed E-state index contributed by atoms with van der Waals surface area (Å²) in [5.74, 6) is -0.564. The number of carbonyl (C=O) groups is 2. The second-order valence-electron chi connectivity index (χ2n) is 4.58. The second kappa shape index (κ2) is 7.09. The van der Waals surface area contributed by atoms with Crippen molar-refractivity contribution in [2.75, 3.05) is 18.9 Å². The lowest BCUT2D eigenvalue weighted by Crippen LogP contribution is -2.34. The summed E-state index contributed by atoms with van der Waals surface area (Å²) in [5.41, 5.74) is 0.522. The molecule has 0 radical (unpaired) electrons. The number of hydrogen-bond acceptors (Lipinski definition) is 4. The Morgan fingerprint density at radius 3 is 2.64 bits per heavy atom. The lowest BCUT2D eigenvalue weighted by Gasteiger charge is -2.15. The van der Waals surface area contributed by atoms with Gasteiger partial charge in [-0.15, -0.1) is 11.3 Å². The Kier molecular flexibility index (Phi) is 5.39. The summed E-state index contributed by atoms with van der Waals surface area (Å²) in [4.78, 5) is 30.0. The molecule has 22 heavy (non-hydrogen) atoms. The highest BCUT2D eigenvalue weighted by Gasteiger charge is 2.17. The van der Waals surface area contributed by atoms with Gasteiger partial charge in [-0.25, -0.2) is 4.98 Å². The minimum absolute atomic E-state index is 0.0734. The third-order valence-electron chi connectivity index (χ3n) is 2.76. The summed E-state index contributed by atoms with van der Waals surface area (Å²) in [6.45, 7) is 1.74. The van der Waals surface area contributed by atoms with Crippen molar-refractivity contribution in [2.45, 2.75) is 6.92 Å². The highest BCUT2D eigenvalue weighted by atomic mass is 35.5. The largest absolute Gasteiger partial charge is 0.332 e. The summed E-state index contributed by atoms with van der Waals surface area (Å²) >= 11 is 13.0. The van der Waals surface area contributed by atoms with Crippen LogP contribution < -0.4 is 5.32 Å². The fourth-order valence-corrected chi connectivity index (χ4v) is 2.78. The van der Waals surface area contributed by atoms with Gasteiger partial charge in [-0.05, 0) is 25.1 Å². The summed E-state index contributed by atoms with van der Waals surface area (Å²) in [7, 11) is 1.56. The van der Waals surface area contributed by atoms with E-state index in [1.807, 2.05) is 6.92 Å². The molecular formula is C14H13Cl2N3O2S. The van der Waals surface area contributed by atoms with E-state index in [0.717, 1.165) is 5.01 Å². The number of amides is 2. The molecule has 0 aliphatic rings. The van der Waals surface area contributed by atoms with Crippen molar-refractivity contribution in [1.82, 2.24) is 9.88 Å². The Morgan fingerprint density at radius 1 is 1.32 bits per heavy atom. The first-order chi connectivity index (χ1) is 10.4. The van der Waals surface area contributed by atoms with Gasteiger partial charge in [-0.2, -0.15) is 0 Å². The second-order valence-corrected chi connectivity index (χ2v) is 6.63. The number of aryl methyl sites for hydroxylation is 1. The van der Waals surface area contributed by atoms with Crippen LogP contribution in [0.2, 0.25) is 10.0 Å². The first kappa shape index (κ1) is 16.7. The molecule has 0 saturated carbocycles. The van der Waals surface area contributed by atoms with E-state index in [4.69, 9.17) is 23.2 Å². The molecule has 0 atom stereocenters. The molecule has 0 spiro atoms. The minimum Gasteiger partial charge on any atom is -0.332 e. The molecule has 1 heterocycles. The first-order valence-corrected chi connectivity index (χ1v) is 7.87. The molecule has 0 aliphatic heterocycles. The van der Waals surface area contributed by atoms with Crippen LogP contribution in [0.5, 0.6) is 0 Å². The number of carbonyl (C=O) groups excluding carboxylic acids is 2. The van der Waals surface area contributed by atoms with Gasteiger partial charge in [-0.3, -0.25) is 9.59 Å². The van der Waals surface area contributed by atoms with Gasteiger partial charge in [0.1, 0.15) is 4.88 Å². The van der Waals surface area contributed by atoms with Crippen LogP contribution in [0.1, 0.15) is 14.7 Å². The molecule has 0 fully saturated rings. The smallest absolute Gasteiger partial charge is 0.265 e. The molecule has 2 rings (SSSR count). The van der Waals surface area contributed by atoms with Crippen LogP contribution in [0.3, 0.4) is 0 Å². The molecule has 116 valence electrons. The van der Waals surface area contributed by atoms with E-state index in [-0.39, 0.29) is 18.4 Å². The molecular weight excluding hydrogens is 345 g/mol. The normalized spacial score (nSPS) is 10.4. The molecule has 1 aromatic carbocycles. The van der Waals surface area contributed by atoms with Crippen molar-refractivity contribution in [2.24, 2.45) is 0 Å². The van der Waals surface area contributed by atoms with Crippen LogP contribution in [0.4, 0.5) is 5.69 Å². The van der Waals surface area contributed by atoms with Gasteiger partial charge in [-0.1, -0.05) is 23.2 Å². The molecule has 2 amide bonds. The number of halogens is 2. The van der Waals surface area contributed by atoms with E-state index in [2.05, 4.69) is 10.3 Å². The molecule has 0 aliphatic carbocycles. The fraction of sp³-hybridized carbons (Fsp3) is 0.214. The number of likely N-dealkylation sites (N-methyl/N-ethyl adjacent to an activating group) is 1. The van der Waals surface area contributed by atoms with Crippen molar-refractivity contribution >= 4 is 52.0 Å². The molecule has 1 N–H and O–H groups in total. The average molecular weight is 358 g/mol. The lowest BCUT2D eigenvalue weighted by molar-refractivity contribution is -0.116. The summed E-state index contributed by atoms with van der Waals surface area (Å²) in [5, 5.41) is 4.23. The van der Waals surface area contributed by atoms with Crippen LogP contribution in [0, 0.1) is 6.92 Å². The highest BCUT2D eigenvalue weighted by molar-refractivity contribution is 7.13. The third kappa shape index (κ3) is 4.19. The summed E-state index contributed by atoms with van der Waals surface area (Å²) in [6, 6.07) is 4.78. The van der Waals surface area contributed by atoms with Gasteiger partial charge in [0.2, 0.25) is 5.91 Å². The standard InChI is InChI=1S/C14H13Cl2N3O2S/c1-8-17-6-12(22-8)14(21)19(2)7-13(20)18-9-3-4-10(15)11(16)5-9/h3-6H,7H2,1-2H3,(H,18,20). The van der Waals surface area contributed by atoms with Crippen LogP contribution in [0.25, 0.3) is 0 Å². The number of aromatic nitrogens is 1. The number of thiazole rings is 1. The Morgan fingerprint density at radius 2 is 2.05 bits per heavy atom. The third-order valence-corrected chi connectivity index (χ3v) is 4.40. The first-order valence-electron chi connectivity index (χ1n) is 6.29. The van der Waals surface area contributed by atoms with Crippen LogP contribution in [-0.2, 0) is 4.79 Å². The Labute approximate surface area is 141 Å². The van der Waals surface area contributed by atoms with E-state index in [1.54, 1.807) is 25.2 Å². The van der Waals surface area contributed by atoms with Crippen molar-refractivity contribution < 1.29 is 9.59 Å². The van der Waals surface area contributed by atoms with E-state index < -0.39 is 0 Å². The van der Waals surface area contributed by atoms with Crippen LogP contribution in [0.15, 0.2) is 24.4 Å². The molecule has 0 unspecified atom stereocenters. The van der Waals surface area contributed by atoms with Gasteiger partial charge in [0.25, 0.3) is 5.91 Å². The molecule has 5 nitrogen and oxygen atoms in total. The maximum absolute atomic E-state index is 12.1. The van der Waals surface area contributed by atoms with Crippen molar-refractivity contribution in [3.63, 3.8) is 0 Å². The van der Waals surface area contributed by atoms with Gasteiger partial charge < -0.3 is 10.2 Å². The zero-order chi connectivity index (χ0) is 16.3. The van der Waals surface area contributed by atoms with Gasteiger partial charge in [0.15, 0.2) is 0 Å². The van der Waals surface area contributed by atoms with Crippen LogP contribution in [-0.4, -0.2) is 35.3 Å². The maximum Gasteiger partial charge on any atom is 0.265 e. The Hall–Kier alpha value is -1.63. The van der Waals surface area contributed by atoms with Crippen LogP contribution >= 0.6 is 34.5 Å². The Balaban J connectivity index is 1.96. The van der Waals surface area contributed by atoms with Crippen molar-refractivity contribution in [1.29, 1.82) is 0 Å². The number of rotatable bonds is 4. The predicted octanol–water partition coefficient (Wildman–Crippen LogP) is 3.47. The Bertz CT molecular complexity index is 718. The number of benzene rings is 1. The average Bonchev–Trinajstić information content (AvgIpc) is 2.88. The zero-order valence-corrected chi connectivity index (χ0v) is 14.2. The van der Waals surface area contributed by atoms with E-state index in [0.29, 0.717) is 20.6 Å². The van der Waals surface area contributed by atoms with E-state index in [1.165, 1.54) is 22.4 Å². The predicted molar refractivity (Wildman–Crippen MR) is 88.9 cm³/mol. The van der Waals surface area contributed by atoms with E-state index >= 15 is 0 Å². The zero-order valence-electron chi connectivity index (χ0n) is 11.9. The number of nitrogens with zero attached hydrogens (tertiary/aromatic N) is 2. The SMILES string of the molecule is Cc1ncc(C(=O)N(C)CC(=O)Nc2ccc(Cl)c(Cl)c2)s1. The molecule has 0 bridgehead atoms. The fourth-order valence-electron chi connectivity index (χ4n) is 1.71. The number of nitrogens with one attached hydrogen (secondary N) is 1. The summed E-state index contributed by atoms with van der Waals surface area (Å²) in [6.07, 6.45) is 1.51. The van der Waals surface area contributed by atoms with Gasteiger partial charge >= 0.3 is 0 Å². The topological polar surface area (TPSA) is 62.3 Å². The molecule has 8 heteroatoms. The molecule has 2 aromatic rings. The maximum atomic E-state index is 12.1.